The lowest BCUT2D eigenvalue weighted by molar-refractivity contribution is 0.187. The van der Waals surface area contributed by atoms with E-state index in [-0.39, 0.29) is 41.1 Å². The van der Waals surface area contributed by atoms with E-state index >= 15 is 0 Å². The van der Waals surface area contributed by atoms with Crippen molar-refractivity contribution in [3.05, 3.63) is 89.2 Å². The second-order valence-corrected chi connectivity index (χ2v) is 11.6. The minimum atomic E-state index is -4.14. The van der Waals surface area contributed by atoms with Gasteiger partial charge in [0.15, 0.2) is 0 Å². The highest BCUT2D eigenvalue weighted by molar-refractivity contribution is 7.87. The van der Waals surface area contributed by atoms with Gasteiger partial charge in [-0.05, 0) is 78.3 Å². The average molecular weight is 541 g/mol. The van der Waals surface area contributed by atoms with E-state index in [0.29, 0.717) is 5.56 Å². The van der Waals surface area contributed by atoms with E-state index in [1.165, 1.54) is 6.07 Å². The Labute approximate surface area is 226 Å². The van der Waals surface area contributed by atoms with E-state index in [9.17, 15) is 17.6 Å². The van der Waals surface area contributed by atoms with Crippen LogP contribution in [-0.4, -0.2) is 25.4 Å². The second-order valence-electron chi connectivity index (χ2n) is 10.1. The Morgan fingerprint density at radius 3 is 2.05 bits per heavy atom. The van der Waals surface area contributed by atoms with Crippen LogP contribution >= 0.6 is 0 Å². The molecule has 0 aliphatic rings. The first kappa shape index (κ1) is 29.2. The van der Waals surface area contributed by atoms with Crippen molar-refractivity contribution in [2.45, 2.75) is 77.3 Å². The molecular formula is C30H37FN2O4S. The average Bonchev–Trinajstić information content (AvgIpc) is 2.86. The summed E-state index contributed by atoms with van der Waals surface area (Å²) in [6.45, 7) is 12.7. The molecule has 3 aromatic carbocycles. The molecule has 3 rings (SSSR count). The molecule has 0 radical (unpaired) electrons. The van der Waals surface area contributed by atoms with Crippen molar-refractivity contribution in [2.75, 3.05) is 5.32 Å². The van der Waals surface area contributed by atoms with Crippen LogP contribution in [0.3, 0.4) is 0 Å². The molecule has 0 aliphatic carbocycles. The normalized spacial score (nSPS) is 12.4. The van der Waals surface area contributed by atoms with Crippen molar-refractivity contribution in [1.29, 1.82) is 0 Å². The fourth-order valence-corrected chi connectivity index (χ4v) is 5.11. The largest absolute Gasteiger partial charge is 0.379 e. The molecule has 204 valence electrons. The van der Waals surface area contributed by atoms with E-state index < -0.39 is 15.9 Å². The van der Waals surface area contributed by atoms with Crippen LogP contribution in [0.1, 0.15) is 76.5 Å². The first-order chi connectivity index (χ1) is 17.9. The summed E-state index contributed by atoms with van der Waals surface area (Å²) in [4.78, 5) is 15.3. The van der Waals surface area contributed by atoms with Gasteiger partial charge in [-0.1, -0.05) is 65.0 Å². The monoisotopic (exact) mass is 540 g/mol. The third kappa shape index (κ3) is 7.13. The zero-order valence-electron chi connectivity index (χ0n) is 22.9. The maximum atomic E-state index is 13.7. The summed E-state index contributed by atoms with van der Waals surface area (Å²) in [5.41, 5.74) is 3.72. The molecule has 1 N–H and O–H groups in total. The molecule has 1 unspecified atom stereocenters. The van der Waals surface area contributed by atoms with Crippen molar-refractivity contribution in [3.8, 4) is 5.75 Å². The van der Waals surface area contributed by atoms with Crippen LogP contribution < -0.4 is 9.50 Å². The Morgan fingerprint density at radius 2 is 1.50 bits per heavy atom. The number of amides is 2. The van der Waals surface area contributed by atoms with Gasteiger partial charge in [0.25, 0.3) is 0 Å². The standard InChI is InChI=1S/C30H37FN2O4S/c1-7-22(6)33(30(34)32-29-27(20(2)3)12-9-13-28(29)21(4)5)19-23-10-8-11-25(18-23)37-38(35,36)26-16-14-24(31)15-17-26/h8-18,20-22H,7,19H2,1-6H3,(H,32,34). The highest BCUT2D eigenvalue weighted by Gasteiger charge is 2.23. The number of carbonyl (C=O) groups is 1. The van der Waals surface area contributed by atoms with Crippen molar-refractivity contribution in [2.24, 2.45) is 0 Å². The predicted octanol–water partition coefficient (Wildman–Crippen LogP) is 7.67. The Balaban J connectivity index is 1.86. The van der Waals surface area contributed by atoms with Gasteiger partial charge in [-0.3, -0.25) is 0 Å². The third-order valence-corrected chi connectivity index (χ3v) is 7.81. The van der Waals surface area contributed by atoms with E-state index in [4.69, 9.17) is 4.18 Å². The molecule has 8 heteroatoms. The van der Waals surface area contributed by atoms with Crippen LogP contribution in [0.15, 0.2) is 71.6 Å². The second kappa shape index (κ2) is 12.4. The fraction of sp³-hybridized carbons (Fsp3) is 0.367. The number of anilines is 1. The molecular weight excluding hydrogens is 503 g/mol. The summed E-state index contributed by atoms with van der Waals surface area (Å²) in [5, 5.41) is 3.19. The van der Waals surface area contributed by atoms with Crippen molar-refractivity contribution < 1.29 is 21.8 Å². The molecule has 38 heavy (non-hydrogen) atoms. The quantitative estimate of drug-likeness (QED) is 0.268. The Kier molecular flexibility index (Phi) is 9.55. The van der Waals surface area contributed by atoms with E-state index in [1.807, 2.05) is 38.1 Å². The smallest absolute Gasteiger partial charge is 0.339 e. The van der Waals surface area contributed by atoms with Crippen LogP contribution in [0.4, 0.5) is 14.9 Å². The number of halogens is 1. The summed E-state index contributed by atoms with van der Waals surface area (Å²) in [6.07, 6.45) is 0.741. The van der Waals surface area contributed by atoms with Crippen LogP contribution in [0.25, 0.3) is 0 Å². The lowest BCUT2D eigenvalue weighted by Gasteiger charge is -2.30. The summed E-state index contributed by atoms with van der Waals surface area (Å²) >= 11 is 0. The lowest BCUT2D eigenvalue weighted by Crippen LogP contribution is -2.41. The van der Waals surface area contributed by atoms with Gasteiger partial charge in [0.05, 0.1) is 0 Å². The molecule has 0 spiro atoms. The molecule has 0 aromatic heterocycles. The first-order valence-corrected chi connectivity index (χ1v) is 14.3. The van der Waals surface area contributed by atoms with E-state index in [0.717, 1.165) is 47.5 Å². The Hall–Kier alpha value is -3.39. The Bertz CT molecular complexity index is 1330. The molecule has 0 bridgehead atoms. The van der Waals surface area contributed by atoms with Gasteiger partial charge < -0.3 is 14.4 Å². The summed E-state index contributed by atoms with van der Waals surface area (Å²) in [6, 6.07) is 16.9. The molecule has 1 atom stereocenters. The van der Waals surface area contributed by atoms with Gasteiger partial charge in [0.2, 0.25) is 0 Å². The highest BCUT2D eigenvalue weighted by atomic mass is 32.2. The maximum Gasteiger partial charge on any atom is 0.339 e. The van der Waals surface area contributed by atoms with Crippen LogP contribution in [0.5, 0.6) is 5.75 Å². The van der Waals surface area contributed by atoms with Gasteiger partial charge in [-0.15, -0.1) is 0 Å². The molecule has 0 fully saturated rings. The topological polar surface area (TPSA) is 75.7 Å². The van der Waals surface area contributed by atoms with Crippen molar-refractivity contribution in [3.63, 3.8) is 0 Å². The zero-order chi connectivity index (χ0) is 28.0. The van der Waals surface area contributed by atoms with Crippen LogP contribution in [0.2, 0.25) is 0 Å². The number of nitrogens with zero attached hydrogens (tertiary/aromatic N) is 1. The number of para-hydroxylation sites is 1. The lowest BCUT2D eigenvalue weighted by atomic mass is 9.92. The van der Waals surface area contributed by atoms with E-state index in [2.05, 4.69) is 33.0 Å². The SMILES string of the molecule is CCC(C)N(Cc1cccc(OS(=O)(=O)c2ccc(F)cc2)c1)C(=O)Nc1c(C(C)C)cccc1C(C)C. The molecule has 0 heterocycles. The first-order valence-electron chi connectivity index (χ1n) is 12.9. The van der Waals surface area contributed by atoms with Crippen molar-refractivity contribution >= 4 is 21.8 Å². The number of urea groups is 1. The van der Waals surface area contributed by atoms with Gasteiger partial charge >= 0.3 is 16.1 Å². The molecule has 3 aromatic rings. The van der Waals surface area contributed by atoms with Crippen LogP contribution in [0, 0.1) is 5.82 Å². The molecule has 6 nitrogen and oxygen atoms in total. The summed E-state index contributed by atoms with van der Waals surface area (Å²) in [7, 11) is -4.14. The fourth-order valence-electron chi connectivity index (χ4n) is 4.19. The minimum Gasteiger partial charge on any atom is -0.379 e. The molecule has 2 amide bonds. The summed E-state index contributed by atoms with van der Waals surface area (Å²) in [5.74, 6) is 0.0466. The van der Waals surface area contributed by atoms with Gasteiger partial charge in [0.1, 0.15) is 16.5 Å². The number of hydrogen-bond donors (Lipinski definition) is 1. The van der Waals surface area contributed by atoms with Gasteiger partial charge in [-0.25, -0.2) is 9.18 Å². The number of carbonyl (C=O) groups excluding carboxylic acids is 1. The number of benzene rings is 3. The van der Waals surface area contributed by atoms with Gasteiger partial charge in [-0.2, -0.15) is 8.42 Å². The predicted molar refractivity (Wildman–Crippen MR) is 150 cm³/mol. The third-order valence-electron chi connectivity index (χ3n) is 6.55. The molecule has 0 aliphatic heterocycles. The number of rotatable bonds is 10. The molecule has 0 saturated heterocycles. The zero-order valence-corrected chi connectivity index (χ0v) is 23.7. The Morgan fingerprint density at radius 1 is 0.921 bits per heavy atom. The van der Waals surface area contributed by atoms with Crippen molar-refractivity contribution in [1.82, 2.24) is 4.90 Å². The van der Waals surface area contributed by atoms with Crippen LogP contribution in [-0.2, 0) is 16.7 Å². The van der Waals surface area contributed by atoms with E-state index in [1.54, 1.807) is 17.0 Å². The summed E-state index contributed by atoms with van der Waals surface area (Å²) < 4.78 is 43.9. The minimum absolute atomic E-state index is 0.0729. The number of nitrogens with one attached hydrogen (secondary N) is 1. The van der Waals surface area contributed by atoms with Gasteiger partial charge in [0, 0.05) is 18.3 Å². The number of hydrogen-bond acceptors (Lipinski definition) is 4. The molecule has 0 saturated carbocycles. The highest BCUT2D eigenvalue weighted by Crippen LogP contribution is 2.33. The maximum absolute atomic E-state index is 13.7.